The number of carbonyl (C=O) groups is 2. The molecule has 0 saturated heterocycles. The fourth-order valence-electron chi connectivity index (χ4n) is 3.62. The lowest BCUT2D eigenvalue weighted by atomic mass is 10.1. The first kappa shape index (κ1) is 23.3. The SMILES string of the molecule is CC(C)CN(CC(=O)N(Cc1ccccc1)Cc1cccn1C)C(=O)c1cccc(F)c1. The highest BCUT2D eigenvalue weighted by Gasteiger charge is 2.24. The van der Waals surface area contributed by atoms with Crippen molar-refractivity contribution in [3.8, 4) is 0 Å². The molecule has 0 bridgehead atoms. The van der Waals surface area contributed by atoms with Crippen LogP contribution in [0, 0.1) is 11.7 Å². The zero-order chi connectivity index (χ0) is 23.1. The Labute approximate surface area is 189 Å². The summed E-state index contributed by atoms with van der Waals surface area (Å²) in [6, 6.07) is 19.3. The molecule has 0 radical (unpaired) electrons. The number of nitrogens with zero attached hydrogens (tertiary/aromatic N) is 3. The zero-order valence-corrected chi connectivity index (χ0v) is 18.9. The minimum atomic E-state index is -0.471. The van der Waals surface area contributed by atoms with Crippen LogP contribution in [0.5, 0.6) is 0 Å². The Hall–Kier alpha value is -3.41. The number of carbonyl (C=O) groups excluding carboxylic acids is 2. The fourth-order valence-corrected chi connectivity index (χ4v) is 3.62. The van der Waals surface area contributed by atoms with Crippen molar-refractivity contribution in [1.29, 1.82) is 0 Å². The Morgan fingerprint density at radius 2 is 1.69 bits per heavy atom. The molecule has 5 nitrogen and oxygen atoms in total. The summed E-state index contributed by atoms with van der Waals surface area (Å²) in [6.45, 7) is 5.19. The number of aromatic nitrogens is 1. The highest BCUT2D eigenvalue weighted by molar-refractivity contribution is 5.96. The molecule has 0 aliphatic heterocycles. The van der Waals surface area contributed by atoms with Gasteiger partial charge in [-0.3, -0.25) is 9.59 Å². The van der Waals surface area contributed by atoms with Gasteiger partial charge in [0.05, 0.1) is 6.54 Å². The molecule has 0 saturated carbocycles. The van der Waals surface area contributed by atoms with Gasteiger partial charge in [-0.05, 0) is 41.8 Å². The third-order valence-corrected chi connectivity index (χ3v) is 5.24. The fraction of sp³-hybridized carbons (Fsp3) is 0.308. The van der Waals surface area contributed by atoms with Gasteiger partial charge >= 0.3 is 0 Å². The van der Waals surface area contributed by atoms with Crippen molar-refractivity contribution in [2.24, 2.45) is 13.0 Å². The van der Waals surface area contributed by atoms with Crippen LogP contribution in [0.15, 0.2) is 72.9 Å². The van der Waals surface area contributed by atoms with E-state index < -0.39 is 5.82 Å². The molecule has 0 fully saturated rings. The van der Waals surface area contributed by atoms with E-state index in [-0.39, 0.29) is 29.8 Å². The van der Waals surface area contributed by atoms with E-state index >= 15 is 0 Å². The van der Waals surface area contributed by atoms with Crippen LogP contribution in [0.1, 0.15) is 35.5 Å². The first-order valence-corrected chi connectivity index (χ1v) is 10.8. The first-order chi connectivity index (χ1) is 15.3. The average molecular weight is 436 g/mol. The second-order valence-corrected chi connectivity index (χ2v) is 8.44. The van der Waals surface area contributed by atoms with Crippen LogP contribution >= 0.6 is 0 Å². The number of benzene rings is 2. The number of halogens is 1. The number of aryl methyl sites for hydroxylation is 1. The summed E-state index contributed by atoms with van der Waals surface area (Å²) in [5.41, 5.74) is 2.26. The van der Waals surface area contributed by atoms with Gasteiger partial charge in [0.15, 0.2) is 0 Å². The van der Waals surface area contributed by atoms with E-state index in [1.54, 1.807) is 11.0 Å². The third-order valence-electron chi connectivity index (χ3n) is 5.24. The number of amides is 2. The van der Waals surface area contributed by atoms with E-state index in [1.165, 1.54) is 23.1 Å². The van der Waals surface area contributed by atoms with Crippen molar-refractivity contribution in [1.82, 2.24) is 14.4 Å². The molecular weight excluding hydrogens is 405 g/mol. The van der Waals surface area contributed by atoms with Gasteiger partial charge in [0.1, 0.15) is 12.4 Å². The summed E-state index contributed by atoms with van der Waals surface area (Å²) in [7, 11) is 1.94. The molecule has 1 heterocycles. The van der Waals surface area contributed by atoms with Crippen LogP contribution in [-0.4, -0.2) is 39.3 Å². The summed E-state index contributed by atoms with van der Waals surface area (Å²) in [5.74, 6) is -0.803. The summed E-state index contributed by atoms with van der Waals surface area (Å²) < 4.78 is 15.7. The van der Waals surface area contributed by atoms with Crippen molar-refractivity contribution in [2.45, 2.75) is 26.9 Å². The van der Waals surface area contributed by atoms with Crippen LogP contribution in [0.25, 0.3) is 0 Å². The van der Waals surface area contributed by atoms with E-state index in [1.807, 2.05) is 74.1 Å². The third kappa shape index (κ3) is 6.30. The smallest absolute Gasteiger partial charge is 0.254 e. The summed E-state index contributed by atoms with van der Waals surface area (Å²) in [6.07, 6.45) is 1.94. The normalized spacial score (nSPS) is 10.9. The maximum atomic E-state index is 13.7. The molecule has 2 amide bonds. The predicted octanol–water partition coefficient (Wildman–Crippen LogP) is 4.49. The molecule has 0 aliphatic rings. The van der Waals surface area contributed by atoms with Gasteiger partial charge in [0.25, 0.3) is 5.91 Å². The van der Waals surface area contributed by atoms with Crippen LogP contribution in [0.4, 0.5) is 4.39 Å². The number of hydrogen-bond donors (Lipinski definition) is 0. The van der Waals surface area contributed by atoms with Gasteiger partial charge in [0, 0.05) is 37.6 Å². The highest BCUT2D eigenvalue weighted by atomic mass is 19.1. The standard InChI is InChI=1S/C26H30FN3O2/c1-20(2)16-30(26(32)22-11-7-12-23(27)15-22)19-25(31)29(17-21-9-5-4-6-10-21)18-24-13-8-14-28(24)3/h4-15,20H,16-19H2,1-3H3. The van der Waals surface area contributed by atoms with Gasteiger partial charge < -0.3 is 14.4 Å². The molecule has 0 atom stereocenters. The molecular formula is C26H30FN3O2. The quantitative estimate of drug-likeness (QED) is 0.497. The van der Waals surface area contributed by atoms with E-state index in [9.17, 15) is 14.0 Å². The zero-order valence-electron chi connectivity index (χ0n) is 18.9. The number of rotatable bonds is 9. The van der Waals surface area contributed by atoms with Crippen molar-refractivity contribution in [3.05, 3.63) is 95.6 Å². The van der Waals surface area contributed by atoms with Crippen molar-refractivity contribution in [3.63, 3.8) is 0 Å². The maximum Gasteiger partial charge on any atom is 0.254 e. The van der Waals surface area contributed by atoms with Gasteiger partial charge in [-0.1, -0.05) is 50.2 Å². The van der Waals surface area contributed by atoms with E-state index in [0.717, 1.165) is 11.3 Å². The monoisotopic (exact) mass is 435 g/mol. The molecule has 3 rings (SSSR count). The molecule has 1 aromatic heterocycles. The van der Waals surface area contributed by atoms with Crippen molar-refractivity contribution < 1.29 is 14.0 Å². The summed E-state index contributed by atoms with van der Waals surface area (Å²) in [5, 5.41) is 0. The van der Waals surface area contributed by atoms with Crippen molar-refractivity contribution >= 4 is 11.8 Å². The van der Waals surface area contributed by atoms with E-state index in [4.69, 9.17) is 0 Å². The Kier molecular flexibility index (Phi) is 7.82. The molecule has 0 spiro atoms. The van der Waals surface area contributed by atoms with Gasteiger partial charge in [-0.2, -0.15) is 0 Å². The Bertz CT molecular complexity index is 1050. The van der Waals surface area contributed by atoms with E-state index in [2.05, 4.69) is 0 Å². The van der Waals surface area contributed by atoms with E-state index in [0.29, 0.717) is 19.6 Å². The Balaban J connectivity index is 1.83. The lowest BCUT2D eigenvalue weighted by molar-refractivity contribution is -0.133. The maximum absolute atomic E-state index is 13.7. The second kappa shape index (κ2) is 10.8. The van der Waals surface area contributed by atoms with Crippen LogP contribution < -0.4 is 0 Å². The van der Waals surface area contributed by atoms with Crippen LogP contribution in [-0.2, 0) is 24.9 Å². The molecule has 0 aliphatic carbocycles. The molecule has 6 heteroatoms. The Morgan fingerprint density at radius 3 is 2.31 bits per heavy atom. The topological polar surface area (TPSA) is 45.6 Å². The second-order valence-electron chi connectivity index (χ2n) is 8.44. The molecule has 3 aromatic rings. The molecule has 168 valence electrons. The minimum absolute atomic E-state index is 0.0647. The van der Waals surface area contributed by atoms with Gasteiger partial charge in [-0.25, -0.2) is 4.39 Å². The van der Waals surface area contributed by atoms with Crippen molar-refractivity contribution in [2.75, 3.05) is 13.1 Å². The molecule has 0 N–H and O–H groups in total. The van der Waals surface area contributed by atoms with Gasteiger partial charge in [-0.15, -0.1) is 0 Å². The van der Waals surface area contributed by atoms with Crippen LogP contribution in [0.2, 0.25) is 0 Å². The molecule has 0 unspecified atom stereocenters. The lowest BCUT2D eigenvalue weighted by Crippen LogP contribution is -2.44. The highest BCUT2D eigenvalue weighted by Crippen LogP contribution is 2.14. The predicted molar refractivity (Wildman–Crippen MR) is 123 cm³/mol. The number of hydrogen-bond acceptors (Lipinski definition) is 2. The molecule has 2 aromatic carbocycles. The summed E-state index contributed by atoms with van der Waals surface area (Å²) in [4.78, 5) is 29.8. The summed E-state index contributed by atoms with van der Waals surface area (Å²) >= 11 is 0. The molecule has 32 heavy (non-hydrogen) atoms. The first-order valence-electron chi connectivity index (χ1n) is 10.8. The average Bonchev–Trinajstić information content (AvgIpc) is 3.17. The Morgan fingerprint density at radius 1 is 0.938 bits per heavy atom. The van der Waals surface area contributed by atoms with Crippen LogP contribution in [0.3, 0.4) is 0 Å². The lowest BCUT2D eigenvalue weighted by Gasteiger charge is -2.29. The minimum Gasteiger partial charge on any atom is -0.353 e. The largest absolute Gasteiger partial charge is 0.353 e. The van der Waals surface area contributed by atoms with Gasteiger partial charge in [0.2, 0.25) is 5.91 Å².